The largest absolute Gasteiger partial charge is 0.493 e. The third-order valence-corrected chi connectivity index (χ3v) is 4.13. The fraction of sp³-hybridized carbons (Fsp3) is 0.167. The van der Waals surface area contributed by atoms with Gasteiger partial charge in [-0.2, -0.15) is 28.0 Å². The predicted molar refractivity (Wildman–Crippen MR) is 100 cm³/mol. The molecule has 0 unspecified atom stereocenters. The molecule has 6 nitrogen and oxygen atoms in total. The van der Waals surface area contributed by atoms with Crippen LogP contribution in [0, 0.1) is 4.77 Å². The molecule has 0 aliphatic rings. The topological polar surface area (TPSA) is 64.4 Å². The highest BCUT2D eigenvalue weighted by Crippen LogP contribution is 2.32. The van der Waals surface area contributed by atoms with Gasteiger partial charge in [-0.05, 0) is 36.5 Å². The highest BCUT2D eigenvalue weighted by Gasteiger charge is 2.32. The molecule has 1 heterocycles. The number of hydrogen-bond donors (Lipinski definition) is 1. The first-order valence-corrected chi connectivity index (χ1v) is 8.36. The molecule has 1 N–H and O–H groups in total. The number of nitrogens with zero attached hydrogens (tertiary/aromatic N) is 3. The zero-order valence-electron chi connectivity index (χ0n) is 14.8. The Labute approximate surface area is 163 Å². The SMILES string of the molecule is COc1ccc(-c2n[nH]c(=S)n2/N=C/c2ccccc2C(F)(F)F)cc1OC. The van der Waals surface area contributed by atoms with E-state index in [2.05, 4.69) is 15.3 Å². The molecule has 3 aromatic rings. The number of nitrogens with one attached hydrogen (secondary N) is 1. The van der Waals surface area contributed by atoms with Crippen LogP contribution in [0.4, 0.5) is 13.2 Å². The van der Waals surface area contributed by atoms with Crippen LogP contribution in [0.2, 0.25) is 0 Å². The highest BCUT2D eigenvalue weighted by atomic mass is 32.1. The van der Waals surface area contributed by atoms with E-state index in [1.807, 2.05) is 0 Å². The zero-order chi connectivity index (χ0) is 20.3. The number of rotatable bonds is 5. The van der Waals surface area contributed by atoms with Gasteiger partial charge in [-0.15, -0.1) is 0 Å². The van der Waals surface area contributed by atoms with Crippen molar-refractivity contribution < 1.29 is 22.6 Å². The lowest BCUT2D eigenvalue weighted by Crippen LogP contribution is -2.09. The Morgan fingerprint density at radius 1 is 1.11 bits per heavy atom. The molecule has 0 fully saturated rings. The fourth-order valence-electron chi connectivity index (χ4n) is 2.55. The summed E-state index contributed by atoms with van der Waals surface area (Å²) in [5.74, 6) is 1.30. The first kappa shape index (κ1) is 19.6. The van der Waals surface area contributed by atoms with Gasteiger partial charge in [0, 0.05) is 11.1 Å². The Hall–Kier alpha value is -3.14. The summed E-state index contributed by atoms with van der Waals surface area (Å²) in [4.78, 5) is 0. The first-order valence-electron chi connectivity index (χ1n) is 7.95. The van der Waals surface area contributed by atoms with Crippen LogP contribution in [0.1, 0.15) is 11.1 Å². The van der Waals surface area contributed by atoms with E-state index < -0.39 is 11.7 Å². The molecular formula is C18H15F3N4O2S. The smallest absolute Gasteiger partial charge is 0.417 e. The molecule has 0 aliphatic carbocycles. The Morgan fingerprint density at radius 3 is 2.50 bits per heavy atom. The summed E-state index contributed by atoms with van der Waals surface area (Å²) >= 11 is 5.16. The number of methoxy groups -OCH3 is 2. The van der Waals surface area contributed by atoms with Gasteiger partial charge in [0.2, 0.25) is 4.77 Å². The van der Waals surface area contributed by atoms with Gasteiger partial charge in [0.1, 0.15) is 0 Å². The predicted octanol–water partition coefficient (Wildman–Crippen LogP) is 4.53. The van der Waals surface area contributed by atoms with E-state index >= 15 is 0 Å². The van der Waals surface area contributed by atoms with Gasteiger partial charge in [-0.25, -0.2) is 5.10 Å². The van der Waals surface area contributed by atoms with Crippen molar-refractivity contribution in [1.29, 1.82) is 0 Å². The Morgan fingerprint density at radius 2 is 1.82 bits per heavy atom. The molecule has 146 valence electrons. The maximum atomic E-state index is 13.2. The van der Waals surface area contributed by atoms with Crippen molar-refractivity contribution in [1.82, 2.24) is 14.9 Å². The molecule has 10 heteroatoms. The van der Waals surface area contributed by atoms with E-state index in [0.29, 0.717) is 22.9 Å². The van der Waals surface area contributed by atoms with Crippen molar-refractivity contribution in [3.05, 3.63) is 58.4 Å². The summed E-state index contributed by atoms with van der Waals surface area (Å²) in [6.45, 7) is 0. The summed E-state index contributed by atoms with van der Waals surface area (Å²) in [6, 6.07) is 10.2. The summed E-state index contributed by atoms with van der Waals surface area (Å²) in [6.07, 6.45) is -3.40. The molecule has 2 aromatic carbocycles. The van der Waals surface area contributed by atoms with Gasteiger partial charge in [-0.3, -0.25) is 0 Å². The normalized spacial score (nSPS) is 11.8. The second-order valence-electron chi connectivity index (χ2n) is 5.56. The quantitative estimate of drug-likeness (QED) is 0.498. The van der Waals surface area contributed by atoms with Crippen LogP contribution >= 0.6 is 12.2 Å². The number of hydrogen-bond acceptors (Lipinski definition) is 5. The van der Waals surface area contributed by atoms with E-state index in [4.69, 9.17) is 21.7 Å². The van der Waals surface area contributed by atoms with Gasteiger partial charge in [0.15, 0.2) is 17.3 Å². The van der Waals surface area contributed by atoms with Gasteiger partial charge >= 0.3 is 6.18 Å². The Kier molecular flexibility index (Phi) is 5.50. The molecule has 0 aliphatic heterocycles. The van der Waals surface area contributed by atoms with E-state index in [0.717, 1.165) is 12.3 Å². The second-order valence-corrected chi connectivity index (χ2v) is 5.95. The number of halogens is 3. The minimum Gasteiger partial charge on any atom is -0.493 e. The number of H-pyrrole nitrogens is 1. The third-order valence-electron chi connectivity index (χ3n) is 3.87. The first-order chi connectivity index (χ1) is 13.3. The average molecular weight is 408 g/mol. The molecule has 0 radical (unpaired) electrons. The van der Waals surface area contributed by atoms with Crippen molar-refractivity contribution in [2.45, 2.75) is 6.18 Å². The standard InChI is InChI=1S/C18H15F3N4O2S/c1-26-14-8-7-11(9-15(14)27-2)16-23-24-17(28)25(16)22-10-12-5-3-4-6-13(12)18(19,20)21/h3-10H,1-2H3,(H,24,28)/b22-10+. The number of alkyl halides is 3. The van der Waals surface area contributed by atoms with Gasteiger partial charge in [0.05, 0.1) is 26.0 Å². The summed E-state index contributed by atoms with van der Waals surface area (Å²) in [5, 5.41) is 10.8. The van der Waals surface area contributed by atoms with Crippen molar-refractivity contribution in [2.24, 2.45) is 5.10 Å². The molecule has 0 spiro atoms. The fourth-order valence-corrected chi connectivity index (χ4v) is 2.73. The molecule has 1 aromatic heterocycles. The highest BCUT2D eigenvalue weighted by molar-refractivity contribution is 7.71. The van der Waals surface area contributed by atoms with Crippen LogP contribution in [0.3, 0.4) is 0 Å². The van der Waals surface area contributed by atoms with Crippen molar-refractivity contribution >= 4 is 18.4 Å². The van der Waals surface area contributed by atoms with Crippen LogP contribution in [0.5, 0.6) is 11.5 Å². The Balaban J connectivity index is 2.04. The number of aromatic amines is 1. The van der Waals surface area contributed by atoms with Crippen molar-refractivity contribution in [3.8, 4) is 22.9 Å². The number of benzene rings is 2. The summed E-state index contributed by atoms with van der Waals surface area (Å²) < 4.78 is 51.3. The van der Waals surface area contributed by atoms with Crippen LogP contribution in [0.15, 0.2) is 47.6 Å². The minimum absolute atomic E-state index is 0.0867. The molecule has 0 amide bonds. The third kappa shape index (κ3) is 3.91. The average Bonchev–Trinajstić information content (AvgIpc) is 3.05. The maximum Gasteiger partial charge on any atom is 0.417 e. The molecule has 0 saturated carbocycles. The van der Waals surface area contributed by atoms with Crippen LogP contribution < -0.4 is 9.47 Å². The summed E-state index contributed by atoms with van der Waals surface area (Å²) in [5.41, 5.74) is -0.288. The lowest BCUT2D eigenvalue weighted by molar-refractivity contribution is -0.137. The monoisotopic (exact) mass is 408 g/mol. The minimum atomic E-state index is -4.49. The van der Waals surface area contributed by atoms with Crippen LogP contribution in [-0.2, 0) is 6.18 Å². The zero-order valence-corrected chi connectivity index (χ0v) is 15.6. The van der Waals surface area contributed by atoms with Crippen molar-refractivity contribution in [3.63, 3.8) is 0 Å². The summed E-state index contributed by atoms with van der Waals surface area (Å²) in [7, 11) is 3.00. The van der Waals surface area contributed by atoms with E-state index in [1.54, 1.807) is 18.2 Å². The van der Waals surface area contributed by atoms with E-state index in [1.165, 1.54) is 37.1 Å². The Bertz CT molecular complexity index is 1070. The van der Waals surface area contributed by atoms with Gasteiger partial charge < -0.3 is 9.47 Å². The van der Waals surface area contributed by atoms with Crippen LogP contribution in [-0.4, -0.2) is 35.3 Å². The second kappa shape index (κ2) is 7.85. The number of aromatic nitrogens is 3. The van der Waals surface area contributed by atoms with E-state index in [-0.39, 0.29) is 10.3 Å². The molecule has 28 heavy (non-hydrogen) atoms. The molecule has 0 bridgehead atoms. The van der Waals surface area contributed by atoms with Crippen LogP contribution in [0.25, 0.3) is 11.4 Å². The van der Waals surface area contributed by atoms with Crippen molar-refractivity contribution in [2.75, 3.05) is 14.2 Å². The maximum absolute atomic E-state index is 13.2. The van der Waals surface area contributed by atoms with E-state index in [9.17, 15) is 13.2 Å². The molecule has 0 atom stereocenters. The number of ether oxygens (including phenoxy) is 2. The molecule has 0 saturated heterocycles. The van der Waals surface area contributed by atoms with Gasteiger partial charge in [0.25, 0.3) is 0 Å². The van der Waals surface area contributed by atoms with Gasteiger partial charge in [-0.1, -0.05) is 18.2 Å². The molecular weight excluding hydrogens is 393 g/mol. The lowest BCUT2D eigenvalue weighted by atomic mass is 10.1. The molecule has 3 rings (SSSR count). The lowest BCUT2D eigenvalue weighted by Gasteiger charge is -2.10.